The van der Waals surface area contributed by atoms with E-state index in [0.717, 1.165) is 23.5 Å². The van der Waals surface area contributed by atoms with Gasteiger partial charge in [0.25, 0.3) is 0 Å². The molecule has 0 aliphatic carbocycles. The third-order valence-corrected chi connectivity index (χ3v) is 3.15. The van der Waals surface area contributed by atoms with Gasteiger partial charge >= 0.3 is 0 Å². The average molecular weight is 241 g/mol. The Morgan fingerprint density at radius 1 is 1.11 bits per heavy atom. The molecule has 0 spiro atoms. The van der Waals surface area contributed by atoms with Gasteiger partial charge in [-0.05, 0) is 24.1 Å². The summed E-state index contributed by atoms with van der Waals surface area (Å²) in [6.45, 7) is 3.04. The second kappa shape index (κ2) is 5.65. The molecule has 0 saturated heterocycles. The van der Waals surface area contributed by atoms with Gasteiger partial charge in [-0.3, -0.25) is 0 Å². The van der Waals surface area contributed by atoms with Crippen LogP contribution in [-0.2, 0) is 0 Å². The van der Waals surface area contributed by atoms with Crippen LogP contribution in [0.4, 0.5) is 5.82 Å². The lowest BCUT2D eigenvalue weighted by atomic mass is 10.0. The van der Waals surface area contributed by atoms with Crippen molar-refractivity contribution in [2.45, 2.75) is 13.0 Å². The van der Waals surface area contributed by atoms with Crippen LogP contribution in [-0.4, -0.2) is 18.6 Å². The van der Waals surface area contributed by atoms with Gasteiger partial charge in [0.2, 0.25) is 0 Å². The van der Waals surface area contributed by atoms with E-state index in [0.29, 0.717) is 0 Å². The van der Waals surface area contributed by atoms with E-state index in [1.54, 1.807) is 0 Å². The smallest absolute Gasteiger partial charge is 0.128 e. The number of nitrogens with two attached hydrogens (primary N) is 1. The summed E-state index contributed by atoms with van der Waals surface area (Å²) in [7, 11) is 2.03. The summed E-state index contributed by atoms with van der Waals surface area (Å²) in [5.41, 5.74) is 8.37. The molecule has 2 aromatic rings. The highest BCUT2D eigenvalue weighted by molar-refractivity contribution is 5.40. The molecule has 3 nitrogen and oxygen atoms in total. The molecular formula is C15H19N3. The quantitative estimate of drug-likeness (QED) is 0.894. The van der Waals surface area contributed by atoms with Crippen LogP contribution in [0, 0.1) is 0 Å². The summed E-state index contributed by atoms with van der Waals surface area (Å²) in [5, 5.41) is 0. The SMILES string of the molecule is CCN(C)c1ccc([C@H](N)c2ccccc2)cn1. The minimum atomic E-state index is -0.111. The minimum Gasteiger partial charge on any atom is -0.360 e. The number of rotatable bonds is 4. The third kappa shape index (κ3) is 2.68. The summed E-state index contributed by atoms with van der Waals surface area (Å²) in [6.07, 6.45) is 1.86. The Morgan fingerprint density at radius 3 is 2.39 bits per heavy atom. The van der Waals surface area contributed by atoms with E-state index in [1.807, 2.05) is 55.7 Å². The van der Waals surface area contributed by atoms with Crippen molar-refractivity contribution in [3.05, 3.63) is 59.8 Å². The van der Waals surface area contributed by atoms with E-state index in [9.17, 15) is 0 Å². The Hall–Kier alpha value is -1.87. The van der Waals surface area contributed by atoms with Gasteiger partial charge < -0.3 is 10.6 Å². The molecule has 0 bridgehead atoms. The first-order valence-corrected chi connectivity index (χ1v) is 6.20. The molecule has 2 N–H and O–H groups in total. The summed E-state index contributed by atoms with van der Waals surface area (Å²) in [5.74, 6) is 0.974. The summed E-state index contributed by atoms with van der Waals surface area (Å²) >= 11 is 0. The van der Waals surface area contributed by atoms with Gasteiger partial charge in [-0.1, -0.05) is 36.4 Å². The Kier molecular flexibility index (Phi) is 3.95. The molecule has 0 saturated carbocycles. The molecule has 2 rings (SSSR count). The van der Waals surface area contributed by atoms with E-state index in [4.69, 9.17) is 5.73 Å². The Balaban J connectivity index is 2.19. The zero-order valence-electron chi connectivity index (χ0n) is 10.9. The van der Waals surface area contributed by atoms with Crippen LogP contribution in [0.1, 0.15) is 24.1 Å². The molecule has 18 heavy (non-hydrogen) atoms. The highest BCUT2D eigenvalue weighted by Crippen LogP contribution is 2.20. The molecule has 1 aromatic heterocycles. The van der Waals surface area contributed by atoms with Gasteiger partial charge in [-0.25, -0.2) is 4.98 Å². The number of nitrogens with zero attached hydrogens (tertiary/aromatic N) is 2. The second-order valence-corrected chi connectivity index (χ2v) is 4.35. The number of anilines is 1. The van der Waals surface area contributed by atoms with E-state index in [1.165, 1.54) is 0 Å². The number of hydrogen-bond donors (Lipinski definition) is 1. The highest BCUT2D eigenvalue weighted by atomic mass is 15.1. The molecule has 0 amide bonds. The molecule has 3 heteroatoms. The summed E-state index contributed by atoms with van der Waals surface area (Å²) < 4.78 is 0. The van der Waals surface area contributed by atoms with Gasteiger partial charge in [0, 0.05) is 19.8 Å². The van der Waals surface area contributed by atoms with E-state index >= 15 is 0 Å². The molecule has 1 heterocycles. The first-order chi connectivity index (χ1) is 8.72. The molecule has 0 fully saturated rings. The first-order valence-electron chi connectivity index (χ1n) is 6.20. The Morgan fingerprint density at radius 2 is 1.83 bits per heavy atom. The molecule has 0 aliphatic rings. The maximum Gasteiger partial charge on any atom is 0.128 e. The fourth-order valence-corrected chi connectivity index (χ4v) is 1.82. The predicted octanol–water partition coefficient (Wildman–Crippen LogP) is 2.59. The Bertz CT molecular complexity index is 479. The standard InChI is InChI=1S/C15H19N3/c1-3-18(2)14-10-9-13(11-17-14)15(16)12-7-5-4-6-8-12/h4-11,15H,3,16H2,1-2H3/t15-/m1/s1. The number of benzene rings is 1. The average Bonchev–Trinajstić information content (AvgIpc) is 2.47. The zero-order valence-corrected chi connectivity index (χ0v) is 10.9. The molecule has 0 unspecified atom stereocenters. The maximum absolute atomic E-state index is 6.22. The van der Waals surface area contributed by atoms with Crippen LogP contribution in [0.25, 0.3) is 0 Å². The maximum atomic E-state index is 6.22. The molecule has 0 aliphatic heterocycles. The number of pyridine rings is 1. The van der Waals surface area contributed by atoms with Crippen LogP contribution < -0.4 is 10.6 Å². The highest BCUT2D eigenvalue weighted by Gasteiger charge is 2.09. The van der Waals surface area contributed by atoms with Crippen LogP contribution >= 0.6 is 0 Å². The summed E-state index contributed by atoms with van der Waals surface area (Å²) in [4.78, 5) is 6.54. The molecular weight excluding hydrogens is 222 g/mol. The van der Waals surface area contributed by atoms with Crippen LogP contribution in [0.5, 0.6) is 0 Å². The van der Waals surface area contributed by atoms with Crippen LogP contribution in [0.15, 0.2) is 48.7 Å². The molecule has 1 atom stereocenters. The van der Waals surface area contributed by atoms with Gasteiger partial charge in [0.15, 0.2) is 0 Å². The minimum absolute atomic E-state index is 0.111. The van der Waals surface area contributed by atoms with Crippen molar-refractivity contribution in [1.82, 2.24) is 4.98 Å². The molecule has 94 valence electrons. The number of aromatic nitrogens is 1. The van der Waals surface area contributed by atoms with Gasteiger partial charge in [0.05, 0.1) is 6.04 Å². The van der Waals surface area contributed by atoms with Gasteiger partial charge in [-0.2, -0.15) is 0 Å². The monoisotopic (exact) mass is 241 g/mol. The van der Waals surface area contributed by atoms with E-state index < -0.39 is 0 Å². The van der Waals surface area contributed by atoms with Crippen molar-refractivity contribution in [3.63, 3.8) is 0 Å². The largest absolute Gasteiger partial charge is 0.360 e. The van der Waals surface area contributed by atoms with Crippen molar-refractivity contribution < 1.29 is 0 Å². The van der Waals surface area contributed by atoms with Gasteiger partial charge in [0.1, 0.15) is 5.82 Å². The lowest BCUT2D eigenvalue weighted by Crippen LogP contribution is -2.18. The number of hydrogen-bond acceptors (Lipinski definition) is 3. The zero-order chi connectivity index (χ0) is 13.0. The van der Waals surface area contributed by atoms with E-state index in [2.05, 4.69) is 16.8 Å². The van der Waals surface area contributed by atoms with E-state index in [-0.39, 0.29) is 6.04 Å². The van der Waals surface area contributed by atoms with Crippen LogP contribution in [0.3, 0.4) is 0 Å². The Labute approximate surface area is 108 Å². The normalized spacial score (nSPS) is 12.2. The fraction of sp³-hybridized carbons (Fsp3) is 0.267. The lowest BCUT2D eigenvalue weighted by molar-refractivity contribution is 0.856. The second-order valence-electron chi connectivity index (χ2n) is 4.35. The third-order valence-electron chi connectivity index (χ3n) is 3.15. The van der Waals surface area contributed by atoms with Gasteiger partial charge in [-0.15, -0.1) is 0 Å². The topological polar surface area (TPSA) is 42.1 Å². The predicted molar refractivity (Wildman–Crippen MR) is 75.7 cm³/mol. The van der Waals surface area contributed by atoms with Crippen molar-refractivity contribution in [3.8, 4) is 0 Å². The first kappa shape index (κ1) is 12.6. The van der Waals surface area contributed by atoms with Crippen molar-refractivity contribution in [1.29, 1.82) is 0 Å². The van der Waals surface area contributed by atoms with Crippen LogP contribution in [0.2, 0.25) is 0 Å². The summed E-state index contributed by atoms with van der Waals surface area (Å²) in [6, 6.07) is 14.0. The molecule has 1 aromatic carbocycles. The fourth-order valence-electron chi connectivity index (χ4n) is 1.82. The lowest BCUT2D eigenvalue weighted by Gasteiger charge is -2.17. The van der Waals surface area contributed by atoms with Crippen molar-refractivity contribution in [2.24, 2.45) is 5.73 Å². The van der Waals surface area contributed by atoms with Crippen molar-refractivity contribution in [2.75, 3.05) is 18.5 Å². The molecule has 0 radical (unpaired) electrons. The van der Waals surface area contributed by atoms with Crippen molar-refractivity contribution >= 4 is 5.82 Å².